The van der Waals surface area contributed by atoms with E-state index in [0.29, 0.717) is 42.2 Å². The third-order valence-corrected chi connectivity index (χ3v) is 5.25. The number of fused-ring (bicyclic) bond motifs is 1. The van der Waals surface area contributed by atoms with E-state index < -0.39 is 17.8 Å². The standard InChI is InChI=1S/C21H24F3N5O/c1-20(2,3)19-26-17(28-9-8-14(30)12-28)15-10-25-29(18(15)27-19)11-13-6-4-5-7-16(13)21(22,23)24/h4-7,10,14,30H,8-9,11-12H2,1-3H3/t14-/m0/s1. The van der Waals surface area contributed by atoms with Crippen LogP contribution in [0.1, 0.15) is 44.1 Å². The highest BCUT2D eigenvalue weighted by Crippen LogP contribution is 2.34. The smallest absolute Gasteiger partial charge is 0.391 e. The molecule has 3 heterocycles. The largest absolute Gasteiger partial charge is 0.416 e. The summed E-state index contributed by atoms with van der Waals surface area (Å²) >= 11 is 0. The lowest BCUT2D eigenvalue weighted by Gasteiger charge is -2.22. The maximum Gasteiger partial charge on any atom is 0.416 e. The highest BCUT2D eigenvalue weighted by molar-refractivity contribution is 5.87. The van der Waals surface area contributed by atoms with Crippen molar-refractivity contribution in [2.75, 3.05) is 18.0 Å². The second-order valence-electron chi connectivity index (χ2n) is 8.70. The van der Waals surface area contributed by atoms with Gasteiger partial charge in [-0.3, -0.25) is 0 Å². The lowest BCUT2D eigenvalue weighted by atomic mass is 9.95. The fraction of sp³-hybridized carbons (Fsp3) is 0.476. The Labute approximate surface area is 172 Å². The van der Waals surface area contributed by atoms with Crippen LogP contribution in [0.25, 0.3) is 11.0 Å². The normalized spacial score (nSPS) is 17.8. The summed E-state index contributed by atoms with van der Waals surface area (Å²) in [4.78, 5) is 11.4. The third-order valence-electron chi connectivity index (χ3n) is 5.25. The van der Waals surface area contributed by atoms with Crippen molar-refractivity contribution in [1.29, 1.82) is 0 Å². The Morgan fingerprint density at radius 3 is 2.50 bits per heavy atom. The van der Waals surface area contributed by atoms with Crippen LogP contribution < -0.4 is 4.90 Å². The van der Waals surface area contributed by atoms with E-state index in [1.165, 1.54) is 16.8 Å². The van der Waals surface area contributed by atoms with Gasteiger partial charge in [0, 0.05) is 18.5 Å². The first-order chi connectivity index (χ1) is 14.0. The molecule has 0 unspecified atom stereocenters. The molecule has 2 aromatic heterocycles. The lowest BCUT2D eigenvalue weighted by Crippen LogP contribution is -2.25. The van der Waals surface area contributed by atoms with Crippen molar-refractivity contribution in [2.45, 2.75) is 51.4 Å². The SMILES string of the molecule is CC(C)(C)c1nc(N2CC[C@H](O)C2)c2cnn(Cc3ccccc3C(F)(F)F)c2n1. The Morgan fingerprint density at radius 2 is 1.87 bits per heavy atom. The summed E-state index contributed by atoms with van der Waals surface area (Å²) in [5, 5.41) is 15.0. The molecule has 0 radical (unpaired) electrons. The fourth-order valence-corrected chi connectivity index (χ4v) is 3.66. The molecule has 1 atom stereocenters. The summed E-state index contributed by atoms with van der Waals surface area (Å²) in [7, 11) is 0. The molecule has 1 N–H and O–H groups in total. The Morgan fingerprint density at radius 1 is 1.13 bits per heavy atom. The zero-order chi connectivity index (χ0) is 21.7. The number of β-amino-alcohol motifs (C(OH)–C–C–N with tert-alkyl or cyclic N) is 1. The molecule has 1 saturated heterocycles. The lowest BCUT2D eigenvalue weighted by molar-refractivity contribution is -0.138. The molecule has 6 nitrogen and oxygen atoms in total. The van der Waals surface area contributed by atoms with Crippen LogP contribution in [0, 0.1) is 0 Å². The summed E-state index contributed by atoms with van der Waals surface area (Å²) in [6.45, 7) is 7.00. The maximum absolute atomic E-state index is 13.4. The van der Waals surface area contributed by atoms with Gasteiger partial charge in [0.15, 0.2) is 5.65 Å². The predicted octanol–water partition coefficient (Wildman–Crippen LogP) is 3.76. The Kier molecular flexibility index (Phi) is 4.96. The number of hydrogen-bond donors (Lipinski definition) is 1. The van der Waals surface area contributed by atoms with Gasteiger partial charge in [-0.25, -0.2) is 14.6 Å². The van der Waals surface area contributed by atoms with Crippen LogP contribution in [-0.2, 0) is 18.1 Å². The van der Waals surface area contributed by atoms with E-state index in [4.69, 9.17) is 4.98 Å². The molecule has 4 rings (SSSR count). The highest BCUT2D eigenvalue weighted by atomic mass is 19.4. The summed E-state index contributed by atoms with van der Waals surface area (Å²) in [6, 6.07) is 5.50. The number of alkyl halides is 3. The molecular formula is C21H24F3N5O. The quantitative estimate of drug-likeness (QED) is 0.700. The molecule has 0 spiro atoms. The van der Waals surface area contributed by atoms with Gasteiger partial charge in [-0.05, 0) is 18.1 Å². The maximum atomic E-state index is 13.4. The summed E-state index contributed by atoms with van der Waals surface area (Å²) in [5.41, 5.74) is -0.422. The predicted molar refractivity (Wildman–Crippen MR) is 107 cm³/mol. The number of hydrogen-bond acceptors (Lipinski definition) is 5. The van der Waals surface area contributed by atoms with Gasteiger partial charge in [0.1, 0.15) is 11.6 Å². The molecule has 0 bridgehead atoms. The van der Waals surface area contributed by atoms with E-state index in [0.717, 1.165) is 6.07 Å². The minimum Gasteiger partial charge on any atom is -0.391 e. The zero-order valence-corrected chi connectivity index (χ0v) is 17.1. The number of benzene rings is 1. The van der Waals surface area contributed by atoms with Gasteiger partial charge in [0.2, 0.25) is 0 Å². The molecule has 0 saturated carbocycles. The van der Waals surface area contributed by atoms with Crippen LogP contribution in [0.4, 0.5) is 19.0 Å². The average Bonchev–Trinajstić information content (AvgIpc) is 3.26. The molecule has 1 fully saturated rings. The molecule has 1 aliphatic heterocycles. The first kappa shape index (κ1) is 20.6. The van der Waals surface area contributed by atoms with Gasteiger partial charge in [0.25, 0.3) is 0 Å². The molecule has 1 aliphatic rings. The van der Waals surface area contributed by atoms with Crippen LogP contribution in [0.3, 0.4) is 0 Å². The van der Waals surface area contributed by atoms with Gasteiger partial charge >= 0.3 is 6.18 Å². The van der Waals surface area contributed by atoms with E-state index in [9.17, 15) is 18.3 Å². The summed E-state index contributed by atoms with van der Waals surface area (Å²) in [6.07, 6.45) is -2.63. The van der Waals surface area contributed by atoms with E-state index >= 15 is 0 Å². The highest BCUT2D eigenvalue weighted by Gasteiger charge is 2.33. The van der Waals surface area contributed by atoms with Crippen LogP contribution in [0.15, 0.2) is 30.5 Å². The first-order valence-electron chi connectivity index (χ1n) is 9.86. The third kappa shape index (κ3) is 3.86. The van der Waals surface area contributed by atoms with E-state index in [-0.39, 0.29) is 17.5 Å². The van der Waals surface area contributed by atoms with E-state index in [2.05, 4.69) is 10.1 Å². The number of aliphatic hydroxyl groups is 1. The van der Waals surface area contributed by atoms with Crippen molar-refractivity contribution in [3.05, 3.63) is 47.4 Å². The van der Waals surface area contributed by atoms with Gasteiger partial charge in [-0.1, -0.05) is 39.0 Å². The number of anilines is 1. The number of aliphatic hydroxyl groups excluding tert-OH is 1. The second kappa shape index (κ2) is 7.23. The molecule has 1 aromatic carbocycles. The van der Waals surface area contributed by atoms with Crippen molar-refractivity contribution in [2.24, 2.45) is 0 Å². The van der Waals surface area contributed by atoms with Crippen molar-refractivity contribution >= 4 is 16.9 Å². The van der Waals surface area contributed by atoms with Crippen molar-refractivity contribution in [3.8, 4) is 0 Å². The Bertz CT molecular complexity index is 1070. The minimum absolute atomic E-state index is 0.0537. The van der Waals surface area contributed by atoms with Crippen LogP contribution >= 0.6 is 0 Å². The van der Waals surface area contributed by atoms with Crippen LogP contribution in [0.5, 0.6) is 0 Å². The molecule has 0 amide bonds. The summed E-state index contributed by atoms with van der Waals surface area (Å²) < 4.78 is 41.8. The number of rotatable bonds is 3. The molecule has 160 valence electrons. The Hall–Kier alpha value is -2.68. The van der Waals surface area contributed by atoms with Crippen LogP contribution in [0.2, 0.25) is 0 Å². The molecular weight excluding hydrogens is 395 g/mol. The number of nitrogens with zero attached hydrogens (tertiary/aromatic N) is 5. The van der Waals surface area contributed by atoms with Crippen LogP contribution in [-0.4, -0.2) is 44.0 Å². The first-order valence-corrected chi connectivity index (χ1v) is 9.86. The van der Waals surface area contributed by atoms with Crippen molar-refractivity contribution in [3.63, 3.8) is 0 Å². The van der Waals surface area contributed by atoms with Crippen molar-refractivity contribution < 1.29 is 18.3 Å². The average molecular weight is 419 g/mol. The molecule has 30 heavy (non-hydrogen) atoms. The topological polar surface area (TPSA) is 67.1 Å². The van der Waals surface area contributed by atoms with Gasteiger partial charge in [-0.15, -0.1) is 0 Å². The number of aromatic nitrogens is 4. The van der Waals surface area contributed by atoms with Gasteiger partial charge in [-0.2, -0.15) is 18.3 Å². The fourth-order valence-electron chi connectivity index (χ4n) is 3.66. The summed E-state index contributed by atoms with van der Waals surface area (Å²) in [5.74, 6) is 1.24. The second-order valence-corrected chi connectivity index (χ2v) is 8.70. The zero-order valence-electron chi connectivity index (χ0n) is 17.1. The molecule has 3 aromatic rings. The Balaban J connectivity index is 1.83. The minimum atomic E-state index is -4.44. The number of halogens is 3. The van der Waals surface area contributed by atoms with Crippen molar-refractivity contribution in [1.82, 2.24) is 19.7 Å². The monoisotopic (exact) mass is 419 g/mol. The molecule has 0 aliphatic carbocycles. The van der Waals surface area contributed by atoms with E-state index in [1.54, 1.807) is 12.3 Å². The van der Waals surface area contributed by atoms with Gasteiger partial charge < -0.3 is 10.0 Å². The van der Waals surface area contributed by atoms with Gasteiger partial charge in [0.05, 0.1) is 29.8 Å². The molecule has 9 heteroatoms. The van der Waals surface area contributed by atoms with E-state index in [1.807, 2.05) is 25.7 Å².